The van der Waals surface area contributed by atoms with E-state index in [2.05, 4.69) is 49.1 Å². The smallest absolute Gasteiger partial charge is 0.247 e. The second-order valence-corrected chi connectivity index (χ2v) is 9.05. The van der Waals surface area contributed by atoms with Crippen molar-refractivity contribution in [3.63, 3.8) is 0 Å². The molecule has 5 rings (SSSR count). The van der Waals surface area contributed by atoms with Crippen LogP contribution in [0.5, 0.6) is 0 Å². The van der Waals surface area contributed by atoms with Crippen LogP contribution in [0.25, 0.3) is 22.0 Å². The van der Waals surface area contributed by atoms with Crippen LogP contribution in [0.3, 0.4) is 0 Å². The molecule has 0 bridgehead atoms. The lowest BCUT2D eigenvalue weighted by Gasteiger charge is -2.35. The first kappa shape index (κ1) is 25.3. The molecule has 1 aliphatic rings. The Morgan fingerprint density at radius 3 is 2.58 bits per heavy atom. The summed E-state index contributed by atoms with van der Waals surface area (Å²) in [7, 11) is 0. The van der Waals surface area contributed by atoms with Crippen molar-refractivity contribution in [1.29, 1.82) is 0 Å². The number of nitrogens with zero attached hydrogens (tertiary/aromatic N) is 4. The number of anilines is 4. The average molecular weight is 513 g/mol. The Kier molecular flexibility index (Phi) is 7.57. The summed E-state index contributed by atoms with van der Waals surface area (Å²) in [6.45, 7) is 8.04. The fourth-order valence-electron chi connectivity index (χ4n) is 4.61. The van der Waals surface area contributed by atoms with Gasteiger partial charge in [0.1, 0.15) is 5.82 Å². The average Bonchev–Trinajstić information content (AvgIpc) is 2.94. The van der Waals surface area contributed by atoms with Crippen LogP contribution in [0.2, 0.25) is 0 Å². The molecule has 1 fully saturated rings. The summed E-state index contributed by atoms with van der Waals surface area (Å²) in [5.41, 5.74) is 3.87. The topological polar surface area (TPSA) is 93.6 Å². The molecule has 0 saturated carbocycles. The van der Waals surface area contributed by atoms with Crippen molar-refractivity contribution in [1.82, 2.24) is 14.9 Å². The summed E-state index contributed by atoms with van der Waals surface area (Å²) in [5.74, 6) is -0.409. The van der Waals surface area contributed by atoms with Gasteiger partial charge < -0.3 is 20.6 Å². The third-order valence-electron chi connectivity index (χ3n) is 6.58. The highest BCUT2D eigenvalue weighted by atomic mass is 19.1. The highest BCUT2D eigenvalue weighted by Crippen LogP contribution is 2.32. The largest absolute Gasteiger partial charge is 0.395 e. The van der Waals surface area contributed by atoms with Crippen LogP contribution in [0.4, 0.5) is 27.4 Å². The summed E-state index contributed by atoms with van der Waals surface area (Å²) in [6.07, 6.45) is 2.85. The highest BCUT2D eigenvalue weighted by molar-refractivity contribution is 6.00. The van der Waals surface area contributed by atoms with Crippen molar-refractivity contribution in [3.05, 3.63) is 85.3 Å². The van der Waals surface area contributed by atoms with Gasteiger partial charge in [-0.05, 0) is 60.2 Å². The standard InChI is InChI=1S/C29H29FN6O2/c1-2-26(38)32-23-5-3-4-20(18-23)27-25(30)11-6-21-19-31-29(34-28(21)27)33-22-7-9-24(10-8-22)36-14-12-35(13-15-36)16-17-37/h2-11,18-19,37H,1,12-17H2,(H,32,38)(H,31,33,34). The van der Waals surface area contributed by atoms with E-state index in [1.165, 1.54) is 12.1 Å². The molecule has 0 unspecified atom stereocenters. The maximum Gasteiger partial charge on any atom is 0.247 e. The molecule has 1 amide bonds. The first-order valence-corrected chi connectivity index (χ1v) is 12.5. The lowest BCUT2D eigenvalue weighted by molar-refractivity contribution is -0.111. The molecule has 38 heavy (non-hydrogen) atoms. The van der Waals surface area contributed by atoms with Crippen molar-refractivity contribution in [3.8, 4) is 11.1 Å². The Bertz CT molecular complexity index is 1450. The minimum atomic E-state index is -0.419. The highest BCUT2D eigenvalue weighted by Gasteiger charge is 2.17. The molecule has 0 atom stereocenters. The van der Waals surface area contributed by atoms with Crippen LogP contribution in [-0.2, 0) is 4.79 Å². The van der Waals surface area contributed by atoms with Crippen molar-refractivity contribution >= 4 is 39.8 Å². The molecule has 0 spiro atoms. The van der Waals surface area contributed by atoms with E-state index in [1.807, 2.05) is 12.1 Å². The molecule has 9 heteroatoms. The second kappa shape index (κ2) is 11.4. The van der Waals surface area contributed by atoms with E-state index in [0.29, 0.717) is 40.2 Å². The van der Waals surface area contributed by atoms with E-state index in [9.17, 15) is 4.79 Å². The molecule has 1 saturated heterocycles. The zero-order chi connectivity index (χ0) is 26.5. The number of nitrogens with one attached hydrogen (secondary N) is 2. The molecule has 3 aromatic carbocycles. The van der Waals surface area contributed by atoms with E-state index in [0.717, 1.165) is 37.6 Å². The Hall–Kier alpha value is -4.34. The maximum absolute atomic E-state index is 15.1. The van der Waals surface area contributed by atoms with Gasteiger partial charge in [0, 0.05) is 66.9 Å². The van der Waals surface area contributed by atoms with Gasteiger partial charge in [0.2, 0.25) is 11.9 Å². The number of fused-ring (bicyclic) bond motifs is 1. The first-order valence-electron chi connectivity index (χ1n) is 12.5. The lowest BCUT2D eigenvalue weighted by Crippen LogP contribution is -2.47. The number of hydrogen-bond acceptors (Lipinski definition) is 7. The summed E-state index contributed by atoms with van der Waals surface area (Å²) in [5, 5.41) is 15.8. The Balaban J connectivity index is 1.37. The number of carbonyl (C=O) groups excluding carboxylic acids is 1. The van der Waals surface area contributed by atoms with Crippen molar-refractivity contribution < 1.29 is 14.3 Å². The molecule has 1 aromatic heterocycles. The van der Waals surface area contributed by atoms with Crippen LogP contribution in [0.15, 0.2) is 79.5 Å². The van der Waals surface area contributed by atoms with E-state index in [4.69, 9.17) is 5.11 Å². The summed E-state index contributed by atoms with van der Waals surface area (Å²) in [4.78, 5) is 25.4. The fourth-order valence-corrected chi connectivity index (χ4v) is 4.61. The molecule has 2 heterocycles. The molecule has 4 aromatic rings. The fraction of sp³-hybridized carbons (Fsp3) is 0.207. The van der Waals surface area contributed by atoms with Gasteiger partial charge in [-0.25, -0.2) is 14.4 Å². The van der Waals surface area contributed by atoms with Crippen molar-refractivity contribution in [2.45, 2.75) is 0 Å². The van der Waals surface area contributed by atoms with Crippen LogP contribution in [0, 0.1) is 5.82 Å². The molecule has 3 N–H and O–H groups in total. The van der Waals surface area contributed by atoms with Crippen LogP contribution in [0.1, 0.15) is 0 Å². The van der Waals surface area contributed by atoms with Crippen molar-refractivity contribution in [2.75, 3.05) is 54.9 Å². The first-order chi connectivity index (χ1) is 18.5. The van der Waals surface area contributed by atoms with Gasteiger partial charge >= 0.3 is 0 Å². The van der Waals surface area contributed by atoms with Gasteiger partial charge in [0.15, 0.2) is 0 Å². The van der Waals surface area contributed by atoms with E-state index in [-0.39, 0.29) is 12.5 Å². The van der Waals surface area contributed by atoms with Gasteiger partial charge in [0.05, 0.1) is 12.1 Å². The molecule has 0 radical (unpaired) electrons. The SMILES string of the molecule is C=CC(=O)Nc1cccc(-c2c(F)ccc3cnc(Nc4ccc(N5CCN(CCO)CC5)cc4)nc23)c1. The number of piperazine rings is 1. The van der Waals surface area contributed by atoms with Crippen LogP contribution < -0.4 is 15.5 Å². The van der Waals surface area contributed by atoms with E-state index >= 15 is 4.39 Å². The number of carbonyl (C=O) groups is 1. The minimum Gasteiger partial charge on any atom is -0.395 e. The molecular formula is C29H29FN6O2. The van der Waals surface area contributed by atoms with Gasteiger partial charge in [-0.1, -0.05) is 18.7 Å². The molecule has 194 valence electrons. The Morgan fingerprint density at radius 1 is 1.05 bits per heavy atom. The molecule has 1 aliphatic heterocycles. The third kappa shape index (κ3) is 5.64. The number of rotatable bonds is 8. The lowest BCUT2D eigenvalue weighted by atomic mass is 10.0. The van der Waals surface area contributed by atoms with Crippen LogP contribution >= 0.6 is 0 Å². The van der Waals surface area contributed by atoms with Gasteiger partial charge in [0.25, 0.3) is 0 Å². The third-order valence-corrected chi connectivity index (χ3v) is 6.58. The quantitative estimate of drug-likeness (QED) is 0.301. The summed E-state index contributed by atoms with van der Waals surface area (Å²) >= 11 is 0. The summed E-state index contributed by atoms with van der Waals surface area (Å²) < 4.78 is 15.1. The molecule has 8 nitrogen and oxygen atoms in total. The molecule has 0 aliphatic carbocycles. The monoisotopic (exact) mass is 512 g/mol. The number of β-amino-alcohol motifs (C(OH)–C–C–N with tert-alkyl or cyclic N) is 1. The van der Waals surface area contributed by atoms with Gasteiger partial charge in [-0.2, -0.15) is 0 Å². The summed E-state index contributed by atoms with van der Waals surface area (Å²) in [6, 6.07) is 18.1. The number of benzene rings is 3. The number of aliphatic hydroxyl groups is 1. The van der Waals surface area contributed by atoms with E-state index in [1.54, 1.807) is 36.5 Å². The predicted molar refractivity (Wildman–Crippen MR) is 149 cm³/mol. The zero-order valence-corrected chi connectivity index (χ0v) is 20.9. The normalized spacial score (nSPS) is 13.9. The minimum absolute atomic E-state index is 0.186. The Labute approximate surface area is 220 Å². The second-order valence-electron chi connectivity index (χ2n) is 9.05. The van der Waals surface area contributed by atoms with Crippen LogP contribution in [-0.4, -0.2) is 65.2 Å². The zero-order valence-electron chi connectivity index (χ0n) is 20.9. The number of amides is 1. The maximum atomic E-state index is 15.1. The van der Waals surface area contributed by atoms with Gasteiger partial charge in [-0.3, -0.25) is 9.69 Å². The number of aromatic nitrogens is 2. The molecular weight excluding hydrogens is 483 g/mol. The number of halogens is 1. The predicted octanol–water partition coefficient (Wildman–Crippen LogP) is 4.42. The number of hydrogen-bond donors (Lipinski definition) is 3. The Morgan fingerprint density at radius 2 is 1.84 bits per heavy atom. The van der Waals surface area contributed by atoms with E-state index < -0.39 is 5.82 Å². The van der Waals surface area contributed by atoms with Crippen molar-refractivity contribution in [2.24, 2.45) is 0 Å². The number of aliphatic hydroxyl groups excluding tert-OH is 1. The van der Waals surface area contributed by atoms with Gasteiger partial charge in [-0.15, -0.1) is 0 Å².